The van der Waals surface area contributed by atoms with Crippen molar-refractivity contribution in [1.82, 2.24) is 5.32 Å². The molecule has 0 aromatic heterocycles. The minimum Gasteiger partial charge on any atom is -0.497 e. The molecule has 3 rings (SSSR count). The van der Waals surface area contributed by atoms with E-state index < -0.39 is 0 Å². The molecule has 0 aliphatic rings. The molecule has 0 fully saturated rings. The van der Waals surface area contributed by atoms with Crippen LogP contribution >= 0.6 is 0 Å². The molecule has 0 atom stereocenters. The Balaban J connectivity index is 1.54. The summed E-state index contributed by atoms with van der Waals surface area (Å²) in [5, 5.41) is 8.91. The molecule has 0 saturated carbocycles. The fraction of sp³-hybridized carbons (Fsp3) is 0.231. The molecule has 0 spiro atoms. The Bertz CT molecular complexity index is 1080. The van der Waals surface area contributed by atoms with Gasteiger partial charge in [-0.1, -0.05) is 42.0 Å². The van der Waals surface area contributed by atoms with Gasteiger partial charge in [0, 0.05) is 12.2 Å². The summed E-state index contributed by atoms with van der Waals surface area (Å²) in [7, 11) is 1.63. The molecule has 32 heavy (non-hydrogen) atoms. The van der Waals surface area contributed by atoms with E-state index in [0.717, 1.165) is 22.6 Å². The van der Waals surface area contributed by atoms with Crippen molar-refractivity contribution >= 4 is 23.2 Å². The topological polar surface area (TPSA) is 79.5 Å². The minimum atomic E-state index is -0.225. The van der Waals surface area contributed by atoms with Crippen molar-refractivity contribution in [3.05, 3.63) is 89.0 Å². The molecule has 3 aromatic rings. The van der Waals surface area contributed by atoms with Crippen LogP contribution in [0.15, 0.2) is 66.7 Å². The number of hydrogen-bond acceptors (Lipinski definition) is 4. The Kier molecular flexibility index (Phi) is 7.86. The Morgan fingerprint density at radius 1 is 0.906 bits per heavy atom. The van der Waals surface area contributed by atoms with Crippen LogP contribution < -0.4 is 20.7 Å². The van der Waals surface area contributed by atoms with Gasteiger partial charge in [-0.3, -0.25) is 9.59 Å². The van der Waals surface area contributed by atoms with Crippen LogP contribution in [0.4, 0.5) is 11.4 Å². The van der Waals surface area contributed by atoms with Gasteiger partial charge in [0.05, 0.1) is 24.9 Å². The van der Waals surface area contributed by atoms with Crippen LogP contribution in [0.1, 0.15) is 27.0 Å². The van der Waals surface area contributed by atoms with Crippen molar-refractivity contribution in [2.75, 3.05) is 30.8 Å². The summed E-state index contributed by atoms with van der Waals surface area (Å²) in [5.41, 5.74) is 5.18. The summed E-state index contributed by atoms with van der Waals surface area (Å²) < 4.78 is 5.16. The SMILES string of the molecule is COc1ccc(CCNC(=O)c2ccccc2NC(=O)CNc2ccc(C)cc2C)cc1. The number of carbonyl (C=O) groups is 2. The van der Waals surface area contributed by atoms with Crippen molar-refractivity contribution in [3.63, 3.8) is 0 Å². The van der Waals surface area contributed by atoms with Crippen LogP contribution in [-0.4, -0.2) is 32.0 Å². The first kappa shape index (κ1) is 22.9. The third kappa shape index (κ3) is 6.35. The number of aryl methyl sites for hydroxylation is 2. The van der Waals surface area contributed by atoms with Crippen LogP contribution in [0, 0.1) is 13.8 Å². The number of anilines is 2. The number of nitrogens with one attached hydrogen (secondary N) is 3. The van der Waals surface area contributed by atoms with E-state index in [9.17, 15) is 9.59 Å². The molecule has 0 unspecified atom stereocenters. The molecule has 0 aliphatic carbocycles. The van der Waals surface area contributed by atoms with Gasteiger partial charge in [-0.25, -0.2) is 0 Å². The first-order chi connectivity index (χ1) is 15.5. The zero-order valence-corrected chi connectivity index (χ0v) is 18.7. The molecule has 0 aliphatic heterocycles. The lowest BCUT2D eigenvalue weighted by atomic mass is 10.1. The van der Waals surface area contributed by atoms with E-state index in [1.165, 1.54) is 5.56 Å². The maximum atomic E-state index is 12.7. The van der Waals surface area contributed by atoms with Gasteiger partial charge in [0.15, 0.2) is 0 Å². The second-order valence-corrected chi connectivity index (χ2v) is 7.62. The van der Waals surface area contributed by atoms with Crippen LogP contribution in [0.5, 0.6) is 5.75 Å². The number of para-hydroxylation sites is 1. The number of carbonyl (C=O) groups excluding carboxylic acids is 2. The van der Waals surface area contributed by atoms with Crippen LogP contribution in [0.25, 0.3) is 0 Å². The van der Waals surface area contributed by atoms with Crippen molar-refractivity contribution in [1.29, 1.82) is 0 Å². The highest BCUT2D eigenvalue weighted by atomic mass is 16.5. The predicted octanol–water partition coefficient (Wildman–Crippen LogP) is 4.34. The molecule has 166 valence electrons. The maximum absolute atomic E-state index is 12.7. The molecule has 0 radical (unpaired) electrons. The number of amides is 2. The fourth-order valence-corrected chi connectivity index (χ4v) is 3.38. The van der Waals surface area contributed by atoms with Gasteiger partial charge in [-0.05, 0) is 61.7 Å². The fourth-order valence-electron chi connectivity index (χ4n) is 3.38. The molecule has 0 heterocycles. The largest absolute Gasteiger partial charge is 0.497 e. The summed E-state index contributed by atoms with van der Waals surface area (Å²) in [5.74, 6) is 0.356. The molecule has 0 bridgehead atoms. The minimum absolute atomic E-state index is 0.108. The maximum Gasteiger partial charge on any atom is 0.253 e. The van der Waals surface area contributed by atoms with Crippen molar-refractivity contribution < 1.29 is 14.3 Å². The van der Waals surface area contributed by atoms with E-state index in [1.54, 1.807) is 31.4 Å². The third-order valence-electron chi connectivity index (χ3n) is 5.13. The van der Waals surface area contributed by atoms with E-state index >= 15 is 0 Å². The number of benzene rings is 3. The van der Waals surface area contributed by atoms with E-state index in [4.69, 9.17) is 4.74 Å². The number of rotatable bonds is 9. The zero-order valence-electron chi connectivity index (χ0n) is 18.7. The van der Waals surface area contributed by atoms with E-state index in [0.29, 0.717) is 24.2 Å². The van der Waals surface area contributed by atoms with Gasteiger partial charge in [0.25, 0.3) is 5.91 Å². The second-order valence-electron chi connectivity index (χ2n) is 7.62. The highest BCUT2D eigenvalue weighted by molar-refractivity contribution is 6.04. The zero-order chi connectivity index (χ0) is 22.9. The summed E-state index contributed by atoms with van der Waals surface area (Å²) >= 11 is 0. The molecule has 3 N–H and O–H groups in total. The molecule has 0 saturated heterocycles. The smallest absolute Gasteiger partial charge is 0.253 e. The lowest BCUT2D eigenvalue weighted by Crippen LogP contribution is -2.28. The molecular weight excluding hydrogens is 402 g/mol. The quantitative estimate of drug-likeness (QED) is 0.471. The van der Waals surface area contributed by atoms with E-state index in [-0.39, 0.29) is 18.4 Å². The number of methoxy groups -OCH3 is 1. The normalized spacial score (nSPS) is 10.3. The average molecular weight is 432 g/mol. The summed E-state index contributed by atoms with van der Waals surface area (Å²) in [6.45, 7) is 4.63. The van der Waals surface area contributed by atoms with Crippen molar-refractivity contribution in [3.8, 4) is 5.75 Å². The number of ether oxygens (including phenoxy) is 1. The standard InChI is InChI=1S/C26H29N3O3/c1-18-8-13-23(19(2)16-18)28-17-25(30)29-24-7-5-4-6-22(24)26(31)27-15-14-20-9-11-21(32-3)12-10-20/h4-13,16,28H,14-15,17H2,1-3H3,(H,27,31)(H,29,30). The third-order valence-corrected chi connectivity index (χ3v) is 5.13. The van der Waals surface area contributed by atoms with Gasteiger partial charge in [-0.15, -0.1) is 0 Å². The molecule has 3 aromatic carbocycles. The Labute approximate surface area is 189 Å². The van der Waals surface area contributed by atoms with Crippen LogP contribution in [-0.2, 0) is 11.2 Å². The second kappa shape index (κ2) is 11.0. The van der Waals surface area contributed by atoms with Gasteiger partial charge in [-0.2, -0.15) is 0 Å². The van der Waals surface area contributed by atoms with Crippen LogP contribution in [0.2, 0.25) is 0 Å². The van der Waals surface area contributed by atoms with Gasteiger partial charge in [0.2, 0.25) is 5.91 Å². The molecule has 2 amide bonds. The Morgan fingerprint density at radius 3 is 2.38 bits per heavy atom. The predicted molar refractivity (Wildman–Crippen MR) is 129 cm³/mol. The summed E-state index contributed by atoms with van der Waals surface area (Å²) in [4.78, 5) is 25.2. The van der Waals surface area contributed by atoms with Gasteiger partial charge in [0.1, 0.15) is 5.75 Å². The van der Waals surface area contributed by atoms with Crippen molar-refractivity contribution in [2.45, 2.75) is 20.3 Å². The first-order valence-electron chi connectivity index (χ1n) is 10.6. The summed E-state index contributed by atoms with van der Waals surface area (Å²) in [6, 6.07) is 20.8. The van der Waals surface area contributed by atoms with Gasteiger partial charge >= 0.3 is 0 Å². The number of hydrogen-bond donors (Lipinski definition) is 3. The Hall–Kier alpha value is -3.80. The van der Waals surface area contributed by atoms with E-state index in [2.05, 4.69) is 22.0 Å². The monoisotopic (exact) mass is 431 g/mol. The highest BCUT2D eigenvalue weighted by Gasteiger charge is 2.13. The van der Waals surface area contributed by atoms with E-state index in [1.807, 2.05) is 50.2 Å². The average Bonchev–Trinajstić information content (AvgIpc) is 2.79. The lowest BCUT2D eigenvalue weighted by Gasteiger charge is -2.13. The molecule has 6 heteroatoms. The van der Waals surface area contributed by atoms with Crippen molar-refractivity contribution in [2.24, 2.45) is 0 Å². The molecular formula is C26H29N3O3. The van der Waals surface area contributed by atoms with Gasteiger partial charge < -0.3 is 20.7 Å². The molecule has 6 nitrogen and oxygen atoms in total. The van der Waals surface area contributed by atoms with Crippen LogP contribution in [0.3, 0.4) is 0 Å². The highest BCUT2D eigenvalue weighted by Crippen LogP contribution is 2.17. The first-order valence-corrected chi connectivity index (χ1v) is 10.6. The summed E-state index contributed by atoms with van der Waals surface area (Å²) in [6.07, 6.45) is 0.698. The Morgan fingerprint density at radius 2 is 1.66 bits per heavy atom. The lowest BCUT2D eigenvalue weighted by molar-refractivity contribution is -0.114.